The Labute approximate surface area is 51.7 Å². The summed E-state index contributed by atoms with van der Waals surface area (Å²) in [6, 6.07) is -0.773. The summed E-state index contributed by atoms with van der Waals surface area (Å²) < 4.78 is 0. The molecule has 0 saturated heterocycles. The van der Waals surface area contributed by atoms with Gasteiger partial charge in [0.1, 0.15) is 6.04 Å². The Balaban J connectivity index is 3.38. The Morgan fingerprint density at radius 3 is 2.67 bits per heavy atom. The van der Waals surface area contributed by atoms with Crippen LogP contribution < -0.4 is 5.73 Å². The van der Waals surface area contributed by atoms with Crippen molar-refractivity contribution in [2.75, 3.05) is 0 Å². The molecule has 0 spiro atoms. The molecule has 0 aliphatic heterocycles. The molecule has 0 radical (unpaired) electrons. The highest BCUT2D eigenvalue weighted by atomic mass is 17.2. The number of hydrogen-bond acceptors (Lipinski definition) is 5. The molecule has 0 aliphatic carbocycles. The second kappa shape index (κ2) is 3.85. The fourth-order valence-electron chi connectivity index (χ4n) is 0.143. The smallest absolute Gasteiger partial charge is 0.319 e. The lowest BCUT2D eigenvalue weighted by Gasteiger charge is -1.99. The van der Waals surface area contributed by atoms with E-state index in [1.165, 1.54) is 6.92 Å². The van der Waals surface area contributed by atoms with Gasteiger partial charge in [-0.1, -0.05) is 0 Å². The molecule has 0 bridgehead atoms. The third-order valence-corrected chi connectivity index (χ3v) is 0.541. The molecule has 0 amide bonds. The Hall–Kier alpha value is -1.10. The lowest BCUT2D eigenvalue weighted by Crippen LogP contribution is -2.28. The topological polar surface area (TPSA) is 78.6 Å². The highest BCUT2D eigenvalue weighted by Gasteiger charge is 2.09. The molecule has 0 unspecified atom stereocenters. The predicted octanol–water partition coefficient (Wildman–Crippen LogP) is -1.04. The summed E-state index contributed by atoms with van der Waals surface area (Å²) in [5, 5.41) is 0. The molecule has 0 aliphatic rings. The van der Waals surface area contributed by atoms with E-state index in [9.17, 15) is 9.59 Å². The molecule has 1 atom stereocenters. The van der Waals surface area contributed by atoms with Crippen molar-refractivity contribution < 1.29 is 19.4 Å². The molecule has 5 nitrogen and oxygen atoms in total. The Kier molecular flexibility index (Phi) is 3.38. The van der Waals surface area contributed by atoms with E-state index in [4.69, 9.17) is 5.73 Å². The molecule has 2 N–H and O–H groups in total. The van der Waals surface area contributed by atoms with Crippen molar-refractivity contribution in [1.29, 1.82) is 0 Å². The Morgan fingerprint density at radius 2 is 2.33 bits per heavy atom. The van der Waals surface area contributed by atoms with Gasteiger partial charge in [0.2, 0.25) is 0 Å². The van der Waals surface area contributed by atoms with Crippen LogP contribution in [0.3, 0.4) is 0 Å². The molecule has 0 fully saturated rings. The first-order valence-corrected chi connectivity index (χ1v) is 2.25. The molecule has 0 aromatic rings. The van der Waals surface area contributed by atoms with Crippen molar-refractivity contribution in [2.45, 2.75) is 13.0 Å². The maximum absolute atomic E-state index is 10.3. The van der Waals surface area contributed by atoms with Crippen LogP contribution in [0, 0.1) is 0 Å². The largest absolute Gasteiger partial charge is 0.371 e. The summed E-state index contributed by atoms with van der Waals surface area (Å²) in [4.78, 5) is 27.1. The van der Waals surface area contributed by atoms with Crippen molar-refractivity contribution in [1.82, 2.24) is 0 Å². The van der Waals surface area contributed by atoms with Gasteiger partial charge in [0.05, 0.1) is 0 Å². The van der Waals surface area contributed by atoms with Crippen molar-refractivity contribution >= 4 is 12.4 Å². The molecular weight excluding hydrogens is 126 g/mol. The summed E-state index contributed by atoms with van der Waals surface area (Å²) in [6.45, 7) is 1.41. The van der Waals surface area contributed by atoms with E-state index in [1.807, 2.05) is 0 Å². The SMILES string of the molecule is C[C@H](N)C(=O)OOC=O. The Morgan fingerprint density at radius 1 is 1.78 bits per heavy atom. The molecule has 5 heteroatoms. The molecule has 52 valence electrons. The summed E-state index contributed by atoms with van der Waals surface area (Å²) >= 11 is 0. The minimum Gasteiger partial charge on any atom is -0.319 e. The predicted molar refractivity (Wildman–Crippen MR) is 26.9 cm³/mol. The van der Waals surface area contributed by atoms with Crippen molar-refractivity contribution in [3.63, 3.8) is 0 Å². The third kappa shape index (κ3) is 3.48. The first-order valence-electron chi connectivity index (χ1n) is 2.25. The van der Waals surface area contributed by atoms with Crippen LogP contribution in [0.4, 0.5) is 0 Å². The molecule has 0 heterocycles. The van der Waals surface area contributed by atoms with Gasteiger partial charge >= 0.3 is 12.4 Å². The molecule has 0 aromatic carbocycles. The van der Waals surface area contributed by atoms with E-state index in [0.717, 1.165) is 0 Å². The average molecular weight is 133 g/mol. The van der Waals surface area contributed by atoms with Crippen LogP contribution in [0.2, 0.25) is 0 Å². The standard InChI is InChI=1S/C4H7NO4/c1-3(5)4(7)9-8-2-6/h2-3H,5H2,1H3/t3-/m0/s1. The molecule has 0 saturated carbocycles. The van der Waals surface area contributed by atoms with Gasteiger partial charge in [0.15, 0.2) is 0 Å². The van der Waals surface area contributed by atoms with E-state index in [0.29, 0.717) is 0 Å². The minimum absolute atomic E-state index is 0.000278. The van der Waals surface area contributed by atoms with Gasteiger partial charge in [-0.2, -0.15) is 0 Å². The molecule has 0 aromatic heterocycles. The fraction of sp³-hybridized carbons (Fsp3) is 0.500. The second-order valence-electron chi connectivity index (χ2n) is 1.38. The van der Waals surface area contributed by atoms with E-state index in [-0.39, 0.29) is 6.47 Å². The molecular formula is C4H7NO4. The van der Waals surface area contributed by atoms with Crippen LogP contribution in [0.5, 0.6) is 0 Å². The summed E-state index contributed by atoms with van der Waals surface area (Å²) in [7, 11) is 0. The zero-order valence-corrected chi connectivity index (χ0v) is 4.87. The maximum Gasteiger partial charge on any atom is 0.371 e. The van der Waals surface area contributed by atoms with E-state index in [1.54, 1.807) is 0 Å². The van der Waals surface area contributed by atoms with E-state index >= 15 is 0 Å². The fourth-order valence-corrected chi connectivity index (χ4v) is 0.143. The summed E-state index contributed by atoms with van der Waals surface area (Å²) in [6.07, 6.45) is 0. The van der Waals surface area contributed by atoms with Crippen LogP contribution in [0.25, 0.3) is 0 Å². The normalized spacial score (nSPS) is 11.8. The summed E-state index contributed by atoms with van der Waals surface area (Å²) in [5.41, 5.74) is 5.01. The lowest BCUT2D eigenvalue weighted by atomic mass is 10.4. The number of rotatable bonds is 3. The number of carbonyl (C=O) groups is 2. The van der Waals surface area contributed by atoms with Gasteiger partial charge in [-0.15, -0.1) is 0 Å². The zero-order valence-electron chi connectivity index (χ0n) is 4.87. The second-order valence-corrected chi connectivity index (χ2v) is 1.38. The summed E-state index contributed by atoms with van der Waals surface area (Å²) in [5.74, 6) is -0.776. The van der Waals surface area contributed by atoms with Gasteiger partial charge in [-0.25, -0.2) is 9.68 Å². The molecule has 9 heavy (non-hydrogen) atoms. The minimum atomic E-state index is -0.776. The highest BCUT2D eigenvalue weighted by Crippen LogP contribution is 1.81. The van der Waals surface area contributed by atoms with Crippen LogP contribution in [0.1, 0.15) is 6.92 Å². The number of hydrogen-bond donors (Lipinski definition) is 1. The van der Waals surface area contributed by atoms with Crippen LogP contribution in [-0.4, -0.2) is 18.5 Å². The van der Waals surface area contributed by atoms with Gasteiger partial charge in [-0.05, 0) is 6.92 Å². The zero-order chi connectivity index (χ0) is 7.28. The van der Waals surface area contributed by atoms with Gasteiger partial charge in [0.25, 0.3) is 0 Å². The number of carbonyl (C=O) groups excluding carboxylic acids is 2. The monoisotopic (exact) mass is 133 g/mol. The van der Waals surface area contributed by atoms with Crippen molar-refractivity contribution in [3.05, 3.63) is 0 Å². The van der Waals surface area contributed by atoms with Crippen LogP contribution in [0.15, 0.2) is 0 Å². The first kappa shape index (κ1) is 7.90. The quantitative estimate of drug-likeness (QED) is 0.302. The van der Waals surface area contributed by atoms with Gasteiger partial charge in [0, 0.05) is 0 Å². The van der Waals surface area contributed by atoms with Crippen LogP contribution >= 0.6 is 0 Å². The first-order chi connectivity index (χ1) is 4.18. The van der Waals surface area contributed by atoms with E-state index < -0.39 is 12.0 Å². The van der Waals surface area contributed by atoms with E-state index in [2.05, 4.69) is 9.78 Å². The van der Waals surface area contributed by atoms with Crippen molar-refractivity contribution in [2.24, 2.45) is 5.73 Å². The maximum atomic E-state index is 10.3. The third-order valence-electron chi connectivity index (χ3n) is 0.541. The number of nitrogens with two attached hydrogens (primary N) is 1. The van der Waals surface area contributed by atoms with Gasteiger partial charge < -0.3 is 5.73 Å². The Bertz CT molecular complexity index is 111. The highest BCUT2D eigenvalue weighted by molar-refractivity contribution is 5.74. The molecule has 0 rings (SSSR count). The van der Waals surface area contributed by atoms with Crippen molar-refractivity contribution in [3.8, 4) is 0 Å². The van der Waals surface area contributed by atoms with Crippen LogP contribution in [-0.2, 0) is 19.4 Å². The lowest BCUT2D eigenvalue weighted by molar-refractivity contribution is -0.248. The average Bonchev–Trinajstić information content (AvgIpc) is 1.82. The van der Waals surface area contributed by atoms with Gasteiger partial charge in [-0.3, -0.25) is 9.68 Å².